The molecule has 0 spiro atoms. The zero-order valence-electron chi connectivity index (χ0n) is 5.40. The average Bonchev–Trinajstić information content (AvgIpc) is 2.34. The number of hydrogen-bond donors (Lipinski definition) is 2. The Hall–Kier alpha value is -0.110. The average molecular weight is 196 g/mol. The van der Waals surface area contributed by atoms with Gasteiger partial charge in [-0.05, 0) is 11.1 Å². The van der Waals surface area contributed by atoms with E-state index in [0.29, 0.717) is 12.3 Å². The highest BCUT2D eigenvalue weighted by molar-refractivity contribution is 8.12. The topological polar surface area (TPSA) is 89.5 Å². The fourth-order valence-corrected chi connectivity index (χ4v) is 2.59. The van der Waals surface area contributed by atoms with Crippen molar-refractivity contribution in [3.63, 3.8) is 0 Å². The molecule has 0 amide bonds. The molecule has 64 valence electrons. The summed E-state index contributed by atoms with van der Waals surface area (Å²) in [6.45, 7) is 0.408. The molecule has 5 nitrogen and oxygen atoms in total. The highest BCUT2D eigenvalue weighted by Gasteiger charge is 2.43. The number of thioether (sulfide) groups is 1. The minimum absolute atomic E-state index is 0.408. The van der Waals surface area contributed by atoms with Crippen LogP contribution in [0, 0.1) is 0 Å². The van der Waals surface area contributed by atoms with Gasteiger partial charge < -0.3 is 9.66 Å². The van der Waals surface area contributed by atoms with Gasteiger partial charge in [-0.15, -0.1) is 11.8 Å². The lowest BCUT2D eigenvalue weighted by Gasteiger charge is -2.25. The Labute approximate surface area is 69.8 Å². The molecule has 0 aromatic carbocycles. The number of carbonyl (C=O) groups is 1. The first-order valence-corrected chi connectivity index (χ1v) is 4.87. The molecule has 0 aromatic rings. The Morgan fingerprint density at radius 2 is 2.45 bits per heavy atom. The number of hydrogen-bond acceptors (Lipinski definition) is 5. The van der Waals surface area contributed by atoms with Gasteiger partial charge in [0.15, 0.2) is 0 Å². The summed E-state index contributed by atoms with van der Waals surface area (Å²) in [7, 11) is 0. The van der Waals surface area contributed by atoms with Crippen molar-refractivity contribution in [2.75, 3.05) is 12.3 Å². The zero-order valence-corrected chi connectivity index (χ0v) is 7.04. The van der Waals surface area contributed by atoms with Gasteiger partial charge in [0.25, 0.3) is 0 Å². The van der Waals surface area contributed by atoms with Crippen LogP contribution in [-0.4, -0.2) is 36.3 Å². The van der Waals surface area contributed by atoms with Crippen molar-refractivity contribution in [1.82, 2.24) is 5.32 Å². The van der Waals surface area contributed by atoms with Gasteiger partial charge in [0.2, 0.25) is 4.20 Å². The van der Waals surface area contributed by atoms with Crippen molar-refractivity contribution < 1.29 is 18.7 Å². The van der Waals surface area contributed by atoms with Crippen LogP contribution in [-0.2, 0) is 15.9 Å². The second-order valence-electron chi connectivity index (χ2n) is 1.93. The van der Waals surface area contributed by atoms with Crippen molar-refractivity contribution in [1.29, 1.82) is 0 Å². The fraction of sp³-hybridized carbons (Fsp3) is 0.750. The van der Waals surface area contributed by atoms with E-state index in [1.54, 1.807) is 0 Å². The van der Waals surface area contributed by atoms with Gasteiger partial charge in [-0.2, -0.15) is 0 Å². The van der Waals surface area contributed by atoms with Crippen LogP contribution in [0.1, 0.15) is 0 Å². The molecule has 0 radical (unpaired) electrons. The second kappa shape index (κ2) is 3.10. The number of rotatable bonds is 2. The van der Waals surface area contributed by atoms with E-state index >= 15 is 0 Å². The Bertz CT molecular complexity index is 184. The van der Waals surface area contributed by atoms with Crippen molar-refractivity contribution in [2.45, 2.75) is 4.20 Å². The van der Waals surface area contributed by atoms with Crippen molar-refractivity contribution in [3.8, 4) is 0 Å². The maximum atomic E-state index is 10.5. The molecule has 0 saturated carbocycles. The SMILES string of the molecule is O=C(O)C1(S(=O)[O-])NCCS1. The van der Waals surface area contributed by atoms with E-state index in [1.165, 1.54) is 0 Å². The molecule has 2 unspecified atom stereocenters. The maximum absolute atomic E-state index is 10.5. The number of nitrogens with one attached hydrogen (secondary N) is 1. The van der Waals surface area contributed by atoms with Crippen molar-refractivity contribution in [2.24, 2.45) is 0 Å². The first-order valence-electron chi connectivity index (χ1n) is 2.81. The molecule has 1 aliphatic rings. The smallest absolute Gasteiger partial charge is 0.346 e. The monoisotopic (exact) mass is 196 g/mol. The molecule has 0 aliphatic carbocycles. The molecule has 0 bridgehead atoms. The van der Waals surface area contributed by atoms with Gasteiger partial charge in [-0.3, -0.25) is 9.53 Å². The van der Waals surface area contributed by atoms with Gasteiger partial charge in [0, 0.05) is 12.3 Å². The van der Waals surface area contributed by atoms with E-state index in [1.807, 2.05) is 0 Å². The largest absolute Gasteiger partial charge is 0.770 e. The van der Waals surface area contributed by atoms with Gasteiger partial charge in [0.05, 0.1) is 0 Å². The summed E-state index contributed by atoms with van der Waals surface area (Å²) in [4.78, 5) is 10.5. The lowest BCUT2D eigenvalue weighted by molar-refractivity contribution is -0.138. The summed E-state index contributed by atoms with van der Waals surface area (Å²) in [5.74, 6) is -0.853. The highest BCUT2D eigenvalue weighted by atomic mass is 32.2. The molecular formula is C4H6NO4S2-. The summed E-state index contributed by atoms with van der Waals surface area (Å²) < 4.78 is 19.2. The molecule has 7 heteroatoms. The number of carboxylic acids is 1. The van der Waals surface area contributed by atoms with Crippen LogP contribution in [0.25, 0.3) is 0 Å². The normalized spacial score (nSPS) is 33.5. The minimum atomic E-state index is -2.63. The molecule has 1 rings (SSSR count). The summed E-state index contributed by atoms with van der Waals surface area (Å²) in [6.07, 6.45) is 0. The van der Waals surface area contributed by atoms with Crippen molar-refractivity contribution in [3.05, 3.63) is 0 Å². The molecule has 1 heterocycles. The third-order valence-corrected chi connectivity index (χ3v) is 3.97. The molecule has 1 aliphatic heterocycles. The molecule has 2 N–H and O–H groups in total. The number of aliphatic carboxylic acids is 1. The Kier molecular flexibility index (Phi) is 2.53. The molecule has 1 saturated heterocycles. The lowest BCUT2D eigenvalue weighted by atomic mass is 10.6. The summed E-state index contributed by atoms with van der Waals surface area (Å²) >= 11 is -1.74. The van der Waals surface area contributed by atoms with E-state index in [-0.39, 0.29) is 0 Å². The van der Waals surface area contributed by atoms with Crippen LogP contribution in [0.5, 0.6) is 0 Å². The zero-order chi connectivity index (χ0) is 8.48. The summed E-state index contributed by atoms with van der Waals surface area (Å²) in [5, 5.41) is 11.0. The minimum Gasteiger partial charge on any atom is -0.770 e. The lowest BCUT2D eigenvalue weighted by Crippen LogP contribution is -2.48. The molecule has 0 aromatic heterocycles. The van der Waals surface area contributed by atoms with E-state index in [2.05, 4.69) is 5.32 Å². The van der Waals surface area contributed by atoms with Crippen LogP contribution in [0.2, 0.25) is 0 Å². The fourth-order valence-electron chi connectivity index (χ4n) is 0.777. The van der Waals surface area contributed by atoms with Gasteiger partial charge in [-0.25, -0.2) is 4.79 Å². The van der Waals surface area contributed by atoms with Crippen LogP contribution < -0.4 is 5.32 Å². The third kappa shape index (κ3) is 1.41. The summed E-state index contributed by atoms with van der Waals surface area (Å²) in [6, 6.07) is 0. The van der Waals surface area contributed by atoms with E-state index < -0.39 is 21.3 Å². The van der Waals surface area contributed by atoms with Crippen LogP contribution in [0.3, 0.4) is 0 Å². The first kappa shape index (κ1) is 8.98. The molecule has 2 atom stereocenters. The van der Waals surface area contributed by atoms with Crippen LogP contribution in [0.15, 0.2) is 0 Å². The Morgan fingerprint density at radius 3 is 2.64 bits per heavy atom. The van der Waals surface area contributed by atoms with Crippen molar-refractivity contribution >= 4 is 28.8 Å². The van der Waals surface area contributed by atoms with E-state index in [0.717, 1.165) is 11.8 Å². The number of carboxylic acid groups (broad SMARTS) is 1. The van der Waals surface area contributed by atoms with Gasteiger partial charge >= 0.3 is 5.97 Å². The summed E-state index contributed by atoms with van der Waals surface area (Å²) in [5.41, 5.74) is 0. The molecular weight excluding hydrogens is 190 g/mol. The van der Waals surface area contributed by atoms with Crippen LogP contribution >= 0.6 is 11.8 Å². The highest BCUT2D eigenvalue weighted by Crippen LogP contribution is 2.29. The standard InChI is InChI=1S/C4H7NO4S2/c6-3(7)4(11(8)9)5-1-2-10-4/h5H,1-2H2,(H,6,7)(H,8,9)/p-1. The third-order valence-electron chi connectivity index (χ3n) is 1.28. The first-order chi connectivity index (χ1) is 5.09. The second-order valence-corrected chi connectivity index (χ2v) is 4.58. The molecule has 1 fully saturated rings. The quantitative estimate of drug-likeness (QED) is 0.547. The Balaban J connectivity index is 2.87. The predicted octanol–water partition coefficient (Wildman–Crippen LogP) is -1.06. The molecule has 11 heavy (non-hydrogen) atoms. The van der Waals surface area contributed by atoms with Crippen LogP contribution in [0.4, 0.5) is 0 Å². The van der Waals surface area contributed by atoms with E-state index in [4.69, 9.17) is 5.11 Å². The van der Waals surface area contributed by atoms with Gasteiger partial charge in [0.1, 0.15) is 0 Å². The van der Waals surface area contributed by atoms with E-state index in [9.17, 15) is 13.6 Å². The predicted molar refractivity (Wildman–Crippen MR) is 39.7 cm³/mol. The van der Waals surface area contributed by atoms with Gasteiger partial charge in [-0.1, -0.05) is 0 Å². The Morgan fingerprint density at radius 1 is 1.82 bits per heavy atom. The maximum Gasteiger partial charge on any atom is 0.346 e.